The molecule has 0 aliphatic heterocycles. The number of nitrogens with one attached hydrogen (secondary N) is 1. The van der Waals surface area contributed by atoms with Crippen molar-refractivity contribution in [3.63, 3.8) is 0 Å². The van der Waals surface area contributed by atoms with Crippen LogP contribution in [0.15, 0.2) is 18.6 Å². The summed E-state index contributed by atoms with van der Waals surface area (Å²) in [5, 5.41) is 17.4. The maximum absolute atomic E-state index is 8.77. The number of rotatable bonds is 6. The Morgan fingerprint density at radius 1 is 1.41 bits per heavy atom. The van der Waals surface area contributed by atoms with Crippen LogP contribution < -0.4 is 5.32 Å². The van der Waals surface area contributed by atoms with Crippen molar-refractivity contribution < 1.29 is 5.11 Å². The maximum Gasteiger partial charge on any atom is 0.0897 e. The molecule has 0 aromatic carbocycles. The average molecular weight is 252 g/mol. The van der Waals surface area contributed by atoms with Gasteiger partial charge in [0.2, 0.25) is 0 Å². The molecular formula is C11H16N4OS. The minimum Gasteiger partial charge on any atom is -0.394 e. The quantitative estimate of drug-likeness (QED) is 0.803. The fraction of sp³-hybridized carbons (Fsp3) is 0.455. The summed E-state index contributed by atoms with van der Waals surface area (Å²) in [4.78, 5) is 5.45. The third kappa shape index (κ3) is 3.62. The number of aliphatic hydroxyl groups excluding tert-OH is 1. The zero-order valence-corrected chi connectivity index (χ0v) is 10.6. The smallest absolute Gasteiger partial charge is 0.0897 e. The number of hydrogen-bond donors (Lipinski definition) is 2. The van der Waals surface area contributed by atoms with E-state index in [0.29, 0.717) is 6.54 Å². The molecule has 2 aromatic heterocycles. The molecule has 0 saturated heterocycles. The van der Waals surface area contributed by atoms with Crippen molar-refractivity contribution in [2.75, 3.05) is 6.61 Å². The predicted molar refractivity (Wildman–Crippen MR) is 66.7 cm³/mol. The van der Waals surface area contributed by atoms with E-state index >= 15 is 0 Å². The topological polar surface area (TPSA) is 63.0 Å². The first-order valence-electron chi connectivity index (χ1n) is 5.52. The third-order valence-electron chi connectivity index (χ3n) is 2.31. The van der Waals surface area contributed by atoms with E-state index in [0.717, 1.165) is 23.7 Å². The van der Waals surface area contributed by atoms with E-state index < -0.39 is 0 Å². The molecule has 92 valence electrons. The van der Waals surface area contributed by atoms with Crippen molar-refractivity contribution in [1.82, 2.24) is 20.1 Å². The molecule has 6 heteroatoms. The standard InChI is InChI=1S/C11H16N4OS/c1-9-13-7-11(17-9)6-12-4-10-5-14-15(8-10)2-3-16/h5,7-8,12,16H,2-4,6H2,1H3. The summed E-state index contributed by atoms with van der Waals surface area (Å²) in [5.74, 6) is 0. The van der Waals surface area contributed by atoms with Gasteiger partial charge in [-0.05, 0) is 6.92 Å². The van der Waals surface area contributed by atoms with Gasteiger partial charge in [-0.2, -0.15) is 5.10 Å². The number of thiazole rings is 1. The minimum absolute atomic E-state index is 0.120. The van der Waals surface area contributed by atoms with E-state index in [2.05, 4.69) is 15.4 Å². The van der Waals surface area contributed by atoms with Crippen molar-refractivity contribution in [3.05, 3.63) is 34.0 Å². The molecule has 5 nitrogen and oxygen atoms in total. The zero-order valence-electron chi connectivity index (χ0n) is 9.76. The van der Waals surface area contributed by atoms with Crippen LogP contribution in [0.25, 0.3) is 0 Å². The van der Waals surface area contributed by atoms with Crippen LogP contribution in [0.3, 0.4) is 0 Å². The van der Waals surface area contributed by atoms with Crippen molar-refractivity contribution in [2.45, 2.75) is 26.6 Å². The second-order valence-electron chi connectivity index (χ2n) is 3.78. The lowest BCUT2D eigenvalue weighted by atomic mass is 10.3. The highest BCUT2D eigenvalue weighted by atomic mass is 32.1. The Bertz CT molecular complexity index is 465. The number of aryl methyl sites for hydroxylation is 1. The molecule has 0 aliphatic carbocycles. The molecule has 0 bridgehead atoms. The van der Waals surface area contributed by atoms with Crippen molar-refractivity contribution in [2.24, 2.45) is 0 Å². The van der Waals surface area contributed by atoms with Crippen molar-refractivity contribution in [3.8, 4) is 0 Å². The van der Waals surface area contributed by atoms with Crippen LogP contribution in [0.5, 0.6) is 0 Å². The molecule has 0 unspecified atom stereocenters. The lowest BCUT2D eigenvalue weighted by Gasteiger charge is -1.99. The second kappa shape index (κ2) is 5.90. The van der Waals surface area contributed by atoms with Gasteiger partial charge in [0.15, 0.2) is 0 Å². The van der Waals surface area contributed by atoms with Gasteiger partial charge >= 0.3 is 0 Å². The number of aliphatic hydroxyl groups is 1. The van der Waals surface area contributed by atoms with Gasteiger partial charge in [-0.25, -0.2) is 4.98 Å². The van der Waals surface area contributed by atoms with Crippen LogP contribution >= 0.6 is 11.3 Å². The highest BCUT2D eigenvalue weighted by Crippen LogP contribution is 2.10. The monoisotopic (exact) mass is 252 g/mol. The average Bonchev–Trinajstić information content (AvgIpc) is 2.89. The molecule has 2 heterocycles. The highest BCUT2D eigenvalue weighted by Gasteiger charge is 2.00. The zero-order chi connectivity index (χ0) is 12.1. The van der Waals surface area contributed by atoms with Crippen LogP contribution in [0.2, 0.25) is 0 Å². The lowest BCUT2D eigenvalue weighted by molar-refractivity contribution is 0.269. The van der Waals surface area contributed by atoms with E-state index in [-0.39, 0.29) is 6.61 Å². The molecule has 0 saturated carbocycles. The van der Waals surface area contributed by atoms with Crippen LogP contribution in [-0.4, -0.2) is 26.5 Å². The number of aromatic nitrogens is 3. The van der Waals surface area contributed by atoms with Crippen LogP contribution in [-0.2, 0) is 19.6 Å². The van der Waals surface area contributed by atoms with E-state index in [4.69, 9.17) is 5.11 Å². The Kier molecular flexibility index (Phi) is 4.24. The van der Waals surface area contributed by atoms with Crippen LogP contribution in [0.4, 0.5) is 0 Å². The van der Waals surface area contributed by atoms with Gasteiger partial charge in [0.1, 0.15) is 0 Å². The van der Waals surface area contributed by atoms with Gasteiger partial charge in [-0.1, -0.05) is 0 Å². The Balaban J connectivity index is 1.77. The van der Waals surface area contributed by atoms with E-state index in [1.54, 1.807) is 16.0 Å². The van der Waals surface area contributed by atoms with E-state index in [9.17, 15) is 0 Å². The molecule has 2 N–H and O–H groups in total. The third-order valence-corrected chi connectivity index (χ3v) is 3.23. The first kappa shape index (κ1) is 12.2. The number of hydrogen-bond acceptors (Lipinski definition) is 5. The Morgan fingerprint density at radius 3 is 3.00 bits per heavy atom. The molecule has 2 rings (SSSR count). The van der Waals surface area contributed by atoms with Crippen molar-refractivity contribution in [1.29, 1.82) is 0 Å². The SMILES string of the molecule is Cc1ncc(CNCc2cnn(CCO)c2)s1. The summed E-state index contributed by atoms with van der Waals surface area (Å²) in [5.41, 5.74) is 1.12. The lowest BCUT2D eigenvalue weighted by Crippen LogP contribution is -2.11. The van der Waals surface area contributed by atoms with E-state index in [1.165, 1.54) is 4.88 Å². The van der Waals surface area contributed by atoms with Gasteiger partial charge in [-0.3, -0.25) is 4.68 Å². The summed E-state index contributed by atoms with van der Waals surface area (Å²) < 4.78 is 1.74. The summed E-state index contributed by atoms with van der Waals surface area (Å²) in [7, 11) is 0. The van der Waals surface area contributed by atoms with Gasteiger partial charge in [0, 0.05) is 35.9 Å². The Hall–Kier alpha value is -1.24. The number of nitrogens with zero attached hydrogens (tertiary/aromatic N) is 3. The molecule has 2 aromatic rings. The fourth-order valence-electron chi connectivity index (χ4n) is 1.54. The second-order valence-corrected chi connectivity index (χ2v) is 5.10. The first-order chi connectivity index (χ1) is 8.28. The van der Waals surface area contributed by atoms with Gasteiger partial charge in [-0.15, -0.1) is 11.3 Å². The Morgan fingerprint density at radius 2 is 2.29 bits per heavy atom. The van der Waals surface area contributed by atoms with Crippen LogP contribution in [0, 0.1) is 6.92 Å². The van der Waals surface area contributed by atoms with Crippen molar-refractivity contribution >= 4 is 11.3 Å². The summed E-state index contributed by atoms with van der Waals surface area (Å²) >= 11 is 1.71. The normalized spacial score (nSPS) is 10.9. The molecule has 17 heavy (non-hydrogen) atoms. The first-order valence-corrected chi connectivity index (χ1v) is 6.34. The minimum atomic E-state index is 0.120. The molecule has 0 amide bonds. The Labute approximate surface area is 104 Å². The highest BCUT2D eigenvalue weighted by molar-refractivity contribution is 7.11. The molecule has 0 spiro atoms. The van der Waals surface area contributed by atoms with Gasteiger partial charge < -0.3 is 10.4 Å². The summed E-state index contributed by atoms with van der Waals surface area (Å²) in [6, 6.07) is 0. The van der Waals surface area contributed by atoms with Gasteiger partial charge in [0.25, 0.3) is 0 Å². The largest absolute Gasteiger partial charge is 0.394 e. The fourth-order valence-corrected chi connectivity index (χ4v) is 2.30. The predicted octanol–water partition coefficient (Wildman–Crippen LogP) is 0.930. The van der Waals surface area contributed by atoms with Crippen LogP contribution in [0.1, 0.15) is 15.4 Å². The summed E-state index contributed by atoms with van der Waals surface area (Å²) in [6.07, 6.45) is 5.67. The molecule has 0 aliphatic rings. The van der Waals surface area contributed by atoms with Gasteiger partial charge in [0.05, 0.1) is 24.4 Å². The summed E-state index contributed by atoms with van der Waals surface area (Å²) in [6.45, 7) is 4.29. The molecular weight excluding hydrogens is 236 g/mol. The maximum atomic E-state index is 8.77. The molecule has 0 radical (unpaired) electrons. The molecule has 0 atom stereocenters. The van der Waals surface area contributed by atoms with E-state index in [1.807, 2.05) is 25.5 Å². The molecule has 0 fully saturated rings.